The van der Waals surface area contributed by atoms with Gasteiger partial charge in [0.25, 0.3) is 10.0 Å². The average Bonchev–Trinajstić information content (AvgIpc) is 2.99. The number of fused-ring (bicyclic) bond motifs is 1. The molecule has 0 fully saturated rings. The van der Waals surface area contributed by atoms with Gasteiger partial charge >= 0.3 is 0 Å². The van der Waals surface area contributed by atoms with Crippen LogP contribution in [0.3, 0.4) is 0 Å². The van der Waals surface area contributed by atoms with E-state index in [9.17, 15) is 13.5 Å². The second-order valence-corrected chi connectivity index (χ2v) is 8.16. The molecule has 0 saturated heterocycles. The van der Waals surface area contributed by atoms with Gasteiger partial charge in [-0.15, -0.1) is 0 Å². The maximum Gasteiger partial charge on any atom is 0.269 e. The molecule has 4 aromatic rings. The van der Waals surface area contributed by atoms with Gasteiger partial charge in [0.15, 0.2) is 5.65 Å². The van der Waals surface area contributed by atoms with Gasteiger partial charge in [-0.05, 0) is 42.8 Å². The van der Waals surface area contributed by atoms with Crippen LogP contribution in [0.1, 0.15) is 5.56 Å². The predicted molar refractivity (Wildman–Crippen MR) is 105 cm³/mol. The number of hydrogen-bond donors (Lipinski definition) is 2. The third kappa shape index (κ3) is 2.92. The van der Waals surface area contributed by atoms with Crippen molar-refractivity contribution in [3.63, 3.8) is 0 Å². The van der Waals surface area contributed by atoms with E-state index in [1.165, 1.54) is 6.20 Å². The molecular formula is C20H17N3O3S. The summed E-state index contributed by atoms with van der Waals surface area (Å²) in [7, 11) is -3.81. The molecule has 0 unspecified atom stereocenters. The van der Waals surface area contributed by atoms with Gasteiger partial charge in [-0.2, -0.15) is 0 Å². The average molecular weight is 379 g/mol. The molecule has 4 rings (SSSR count). The normalized spacial score (nSPS) is 11.7. The Balaban J connectivity index is 1.88. The molecule has 6 nitrogen and oxygen atoms in total. The first kappa shape index (κ1) is 17.1. The Labute approximate surface area is 156 Å². The van der Waals surface area contributed by atoms with Crippen molar-refractivity contribution in [3.8, 4) is 16.9 Å². The smallest absolute Gasteiger partial charge is 0.269 e. The SMILES string of the molecule is Cc1ccc(S(=O)(=O)n2cc(N)c3cc(-c4cccc(O)c4)cnc32)cc1. The number of phenols is 1. The van der Waals surface area contributed by atoms with Crippen molar-refractivity contribution in [3.05, 3.63) is 72.6 Å². The standard InChI is InChI=1S/C20H17N3O3S/c1-13-5-7-17(8-6-13)27(25,26)23-12-19(21)18-10-15(11-22-20(18)23)14-3-2-4-16(24)9-14/h2-12,24H,21H2,1H3. The number of aryl methyl sites for hydroxylation is 1. The highest BCUT2D eigenvalue weighted by molar-refractivity contribution is 7.90. The third-order valence-corrected chi connectivity index (χ3v) is 6.06. The number of hydrogen-bond acceptors (Lipinski definition) is 5. The van der Waals surface area contributed by atoms with Crippen molar-refractivity contribution in [2.45, 2.75) is 11.8 Å². The van der Waals surface area contributed by atoms with Crippen LogP contribution in [-0.4, -0.2) is 22.5 Å². The van der Waals surface area contributed by atoms with Crippen LogP contribution in [0.15, 0.2) is 71.9 Å². The molecule has 3 N–H and O–H groups in total. The number of phenolic OH excluding ortho intramolecular Hbond substituents is 1. The molecule has 2 aromatic carbocycles. The van der Waals surface area contributed by atoms with Crippen LogP contribution in [-0.2, 0) is 10.0 Å². The van der Waals surface area contributed by atoms with E-state index < -0.39 is 10.0 Å². The fourth-order valence-corrected chi connectivity index (χ4v) is 4.29. The number of aromatic hydroxyl groups is 1. The van der Waals surface area contributed by atoms with Gasteiger partial charge in [-0.1, -0.05) is 29.8 Å². The summed E-state index contributed by atoms with van der Waals surface area (Å²) in [4.78, 5) is 4.51. The zero-order valence-electron chi connectivity index (χ0n) is 14.5. The lowest BCUT2D eigenvalue weighted by atomic mass is 10.1. The van der Waals surface area contributed by atoms with Gasteiger partial charge in [0.1, 0.15) is 5.75 Å². The lowest BCUT2D eigenvalue weighted by Crippen LogP contribution is -2.12. The van der Waals surface area contributed by atoms with E-state index in [1.807, 2.05) is 13.0 Å². The van der Waals surface area contributed by atoms with Crippen molar-refractivity contribution in [1.82, 2.24) is 8.96 Å². The topological polar surface area (TPSA) is 98.2 Å². The fraction of sp³-hybridized carbons (Fsp3) is 0.0500. The van der Waals surface area contributed by atoms with Gasteiger partial charge in [-0.3, -0.25) is 0 Å². The first-order valence-corrected chi connectivity index (χ1v) is 9.68. The lowest BCUT2D eigenvalue weighted by molar-refractivity contribution is 0.475. The van der Waals surface area contributed by atoms with E-state index in [1.54, 1.807) is 54.7 Å². The number of benzene rings is 2. The summed E-state index contributed by atoms with van der Waals surface area (Å²) in [5.74, 6) is 0.139. The predicted octanol–water partition coefficient (Wildman–Crippen LogP) is 3.54. The van der Waals surface area contributed by atoms with Crippen LogP contribution < -0.4 is 5.73 Å². The van der Waals surface area contributed by atoms with Crippen LogP contribution in [0, 0.1) is 6.92 Å². The van der Waals surface area contributed by atoms with Crippen LogP contribution >= 0.6 is 0 Å². The molecule has 0 atom stereocenters. The molecule has 136 valence electrons. The number of pyridine rings is 1. The highest BCUT2D eigenvalue weighted by Gasteiger charge is 2.21. The summed E-state index contributed by atoms with van der Waals surface area (Å²) in [6.07, 6.45) is 2.94. The molecule has 7 heteroatoms. The number of rotatable bonds is 3. The number of anilines is 1. The number of nitrogens with zero attached hydrogens (tertiary/aromatic N) is 2. The van der Waals surface area contributed by atoms with E-state index in [0.717, 1.165) is 20.7 Å². The minimum atomic E-state index is -3.81. The quantitative estimate of drug-likeness (QED) is 0.567. The monoisotopic (exact) mass is 379 g/mol. The maximum atomic E-state index is 13.0. The van der Waals surface area contributed by atoms with E-state index in [2.05, 4.69) is 4.98 Å². The molecule has 0 amide bonds. The van der Waals surface area contributed by atoms with Crippen molar-refractivity contribution < 1.29 is 13.5 Å². The maximum absolute atomic E-state index is 13.0. The molecule has 2 heterocycles. The lowest BCUT2D eigenvalue weighted by Gasteiger charge is -2.08. The summed E-state index contributed by atoms with van der Waals surface area (Å²) in [5.41, 5.74) is 9.12. The minimum absolute atomic E-state index is 0.139. The number of nitrogen functional groups attached to an aromatic ring is 1. The number of nitrogens with two attached hydrogens (primary N) is 1. The number of aromatic nitrogens is 2. The van der Waals surface area contributed by atoms with Crippen molar-refractivity contribution >= 4 is 26.7 Å². The van der Waals surface area contributed by atoms with Crippen LogP contribution in [0.2, 0.25) is 0 Å². The molecule has 0 spiro atoms. The summed E-state index contributed by atoms with van der Waals surface area (Å²) < 4.78 is 27.1. The Bertz CT molecular complexity index is 1260. The second kappa shape index (κ2) is 6.14. The van der Waals surface area contributed by atoms with E-state index in [-0.39, 0.29) is 16.3 Å². The molecule has 0 bridgehead atoms. The largest absolute Gasteiger partial charge is 0.508 e. The molecule has 2 aromatic heterocycles. The van der Waals surface area contributed by atoms with E-state index in [0.29, 0.717) is 11.1 Å². The Hall–Kier alpha value is -3.32. The zero-order chi connectivity index (χ0) is 19.2. The Kier molecular flexibility index (Phi) is 3.89. The van der Waals surface area contributed by atoms with Gasteiger partial charge in [0, 0.05) is 23.3 Å². The van der Waals surface area contributed by atoms with Crippen molar-refractivity contribution in [1.29, 1.82) is 0 Å². The molecule has 27 heavy (non-hydrogen) atoms. The molecule has 0 aliphatic heterocycles. The Morgan fingerprint density at radius 1 is 1.04 bits per heavy atom. The first-order valence-electron chi connectivity index (χ1n) is 8.24. The van der Waals surface area contributed by atoms with Gasteiger partial charge in [0.05, 0.1) is 10.6 Å². The van der Waals surface area contributed by atoms with Crippen LogP contribution in [0.5, 0.6) is 5.75 Å². The van der Waals surface area contributed by atoms with Crippen molar-refractivity contribution in [2.24, 2.45) is 0 Å². The molecule has 0 aliphatic carbocycles. The van der Waals surface area contributed by atoms with Crippen LogP contribution in [0.4, 0.5) is 5.69 Å². The molecule has 0 saturated carbocycles. The van der Waals surface area contributed by atoms with Gasteiger partial charge < -0.3 is 10.8 Å². The highest BCUT2D eigenvalue weighted by atomic mass is 32.2. The summed E-state index contributed by atoms with van der Waals surface area (Å²) in [6, 6.07) is 15.1. The zero-order valence-corrected chi connectivity index (χ0v) is 15.3. The van der Waals surface area contributed by atoms with Crippen LogP contribution in [0.25, 0.3) is 22.2 Å². The Morgan fingerprint density at radius 2 is 1.78 bits per heavy atom. The summed E-state index contributed by atoms with van der Waals surface area (Å²) >= 11 is 0. The van der Waals surface area contributed by atoms with Crippen molar-refractivity contribution in [2.75, 3.05) is 5.73 Å². The van der Waals surface area contributed by atoms with E-state index >= 15 is 0 Å². The third-order valence-electron chi connectivity index (χ3n) is 4.40. The first-order chi connectivity index (χ1) is 12.9. The molecular weight excluding hydrogens is 362 g/mol. The van der Waals surface area contributed by atoms with E-state index in [4.69, 9.17) is 5.73 Å². The van der Waals surface area contributed by atoms with Gasteiger partial charge in [-0.25, -0.2) is 17.4 Å². The second-order valence-electron chi connectivity index (χ2n) is 6.34. The Morgan fingerprint density at radius 3 is 2.48 bits per heavy atom. The summed E-state index contributed by atoms with van der Waals surface area (Å²) in [6.45, 7) is 1.89. The minimum Gasteiger partial charge on any atom is -0.508 e. The molecule has 0 aliphatic rings. The highest BCUT2D eigenvalue weighted by Crippen LogP contribution is 2.31. The summed E-state index contributed by atoms with van der Waals surface area (Å²) in [5, 5.41) is 10.2. The fourth-order valence-electron chi connectivity index (χ4n) is 2.95. The van der Waals surface area contributed by atoms with Gasteiger partial charge in [0.2, 0.25) is 0 Å². The molecule has 0 radical (unpaired) electrons.